The van der Waals surface area contributed by atoms with Gasteiger partial charge in [0, 0.05) is 37.6 Å². The Kier molecular flexibility index (Phi) is 6.17. The third kappa shape index (κ3) is 5.03. The van der Waals surface area contributed by atoms with Gasteiger partial charge in [-0.15, -0.1) is 11.3 Å². The second-order valence-electron chi connectivity index (χ2n) is 6.65. The second kappa shape index (κ2) is 7.91. The topological polar surface area (TPSA) is 59.4 Å². The highest BCUT2D eigenvalue weighted by Gasteiger charge is 2.30. The summed E-state index contributed by atoms with van der Waals surface area (Å²) in [5.41, 5.74) is -0.794. The molecule has 1 aromatic rings. The third-order valence-electron chi connectivity index (χ3n) is 4.58. The Morgan fingerprint density at radius 2 is 2.04 bits per heavy atom. The van der Waals surface area contributed by atoms with Crippen LogP contribution in [-0.2, 0) is 11.3 Å². The molecule has 1 saturated heterocycles. The number of piperazine rings is 1. The van der Waals surface area contributed by atoms with Gasteiger partial charge in [-0.2, -0.15) is 5.26 Å². The van der Waals surface area contributed by atoms with Crippen molar-refractivity contribution in [3.05, 3.63) is 22.4 Å². The molecular formula is C17H26N4OS. The number of hydrogen-bond acceptors (Lipinski definition) is 5. The first-order chi connectivity index (χ1) is 10.9. The zero-order chi connectivity index (χ0) is 16.9. The van der Waals surface area contributed by atoms with E-state index in [2.05, 4.69) is 38.7 Å². The van der Waals surface area contributed by atoms with Crippen molar-refractivity contribution >= 4 is 17.2 Å². The Hall–Kier alpha value is -1.42. The summed E-state index contributed by atoms with van der Waals surface area (Å²) >= 11 is 1.79. The molecule has 0 unspecified atom stereocenters. The number of amides is 1. The first-order valence-corrected chi connectivity index (χ1v) is 9.00. The fourth-order valence-corrected chi connectivity index (χ4v) is 3.31. The Balaban J connectivity index is 1.75. The summed E-state index contributed by atoms with van der Waals surface area (Å²) in [4.78, 5) is 18.2. The van der Waals surface area contributed by atoms with Gasteiger partial charge >= 0.3 is 0 Å². The number of rotatable bonds is 6. The van der Waals surface area contributed by atoms with E-state index < -0.39 is 5.54 Å². The fraction of sp³-hybridized carbons (Fsp3) is 0.647. The molecule has 1 aliphatic heterocycles. The molecule has 0 spiro atoms. The van der Waals surface area contributed by atoms with Crippen molar-refractivity contribution in [3.8, 4) is 6.07 Å². The van der Waals surface area contributed by atoms with Crippen LogP contribution in [0.5, 0.6) is 0 Å². The largest absolute Gasteiger partial charge is 0.337 e. The Bertz CT molecular complexity index is 543. The minimum absolute atomic E-state index is 0.0607. The zero-order valence-corrected chi connectivity index (χ0v) is 15.0. The van der Waals surface area contributed by atoms with Crippen molar-refractivity contribution < 1.29 is 4.79 Å². The highest BCUT2D eigenvalue weighted by molar-refractivity contribution is 7.09. The molecular weight excluding hydrogens is 308 g/mol. The molecule has 126 valence electrons. The van der Waals surface area contributed by atoms with Crippen LogP contribution in [0.4, 0.5) is 0 Å². The van der Waals surface area contributed by atoms with Crippen LogP contribution in [0.15, 0.2) is 17.5 Å². The second-order valence-corrected chi connectivity index (χ2v) is 7.68. The maximum Gasteiger partial charge on any atom is 0.235 e. The van der Waals surface area contributed by atoms with E-state index in [1.54, 1.807) is 18.3 Å². The number of nitriles is 1. The van der Waals surface area contributed by atoms with Crippen molar-refractivity contribution in [3.63, 3.8) is 0 Å². The van der Waals surface area contributed by atoms with Crippen molar-refractivity contribution in [1.29, 1.82) is 5.26 Å². The Morgan fingerprint density at radius 3 is 2.57 bits per heavy atom. The summed E-state index contributed by atoms with van der Waals surface area (Å²) in [6.45, 7) is 10.8. The van der Waals surface area contributed by atoms with E-state index in [0.717, 1.165) is 32.7 Å². The van der Waals surface area contributed by atoms with Crippen LogP contribution in [-0.4, -0.2) is 54.0 Å². The monoisotopic (exact) mass is 334 g/mol. The van der Waals surface area contributed by atoms with Crippen LogP contribution < -0.4 is 5.32 Å². The van der Waals surface area contributed by atoms with Crippen molar-refractivity contribution in [2.45, 2.75) is 32.9 Å². The zero-order valence-electron chi connectivity index (χ0n) is 14.2. The Labute approximate surface area is 142 Å². The highest BCUT2D eigenvalue weighted by atomic mass is 32.1. The molecule has 5 nitrogen and oxygen atoms in total. The predicted molar refractivity (Wildman–Crippen MR) is 93.0 cm³/mol. The summed E-state index contributed by atoms with van der Waals surface area (Å²) < 4.78 is 0. The smallest absolute Gasteiger partial charge is 0.235 e. The van der Waals surface area contributed by atoms with Gasteiger partial charge in [-0.1, -0.05) is 19.9 Å². The number of nitrogens with zero attached hydrogens (tertiary/aromatic N) is 3. The predicted octanol–water partition coefficient (Wildman–Crippen LogP) is 1.92. The van der Waals surface area contributed by atoms with E-state index in [4.69, 9.17) is 0 Å². The van der Waals surface area contributed by atoms with Crippen molar-refractivity contribution in [1.82, 2.24) is 15.1 Å². The lowest BCUT2D eigenvalue weighted by Gasteiger charge is -2.35. The maximum absolute atomic E-state index is 12.2. The van der Waals surface area contributed by atoms with Gasteiger partial charge in [0.2, 0.25) is 5.91 Å². The Morgan fingerprint density at radius 1 is 1.39 bits per heavy atom. The van der Waals surface area contributed by atoms with Crippen LogP contribution in [0, 0.1) is 17.2 Å². The average molecular weight is 334 g/mol. The standard InChI is InChI=1S/C17H26N4OS/c1-14(2)17(3,13-18)19-16(22)12-21-8-6-20(7-9-21)11-15-5-4-10-23-15/h4-5,10,14H,6-9,11-12H2,1-3H3,(H,19,22)/t17-/m1/s1. The number of thiophene rings is 1. The van der Waals surface area contributed by atoms with E-state index in [0.29, 0.717) is 6.54 Å². The quantitative estimate of drug-likeness (QED) is 0.863. The molecule has 1 atom stereocenters. The van der Waals surface area contributed by atoms with Crippen LogP contribution in [0.1, 0.15) is 25.6 Å². The molecule has 1 N–H and O–H groups in total. The summed E-state index contributed by atoms with van der Waals surface area (Å²) in [5, 5.41) is 14.3. The number of hydrogen-bond donors (Lipinski definition) is 1. The molecule has 0 aromatic carbocycles. The average Bonchev–Trinajstić information content (AvgIpc) is 3.01. The molecule has 0 bridgehead atoms. The lowest BCUT2D eigenvalue weighted by molar-refractivity contribution is -0.124. The fourth-order valence-electron chi connectivity index (χ4n) is 2.56. The molecule has 0 saturated carbocycles. The van der Waals surface area contributed by atoms with Gasteiger partial charge in [-0.25, -0.2) is 0 Å². The van der Waals surface area contributed by atoms with Gasteiger partial charge in [0.15, 0.2) is 0 Å². The van der Waals surface area contributed by atoms with Gasteiger partial charge in [-0.05, 0) is 24.3 Å². The number of carbonyl (C=O) groups excluding carboxylic acids is 1. The summed E-state index contributed by atoms with van der Waals surface area (Å²) in [5.74, 6) is 0.0218. The molecule has 1 amide bonds. The molecule has 23 heavy (non-hydrogen) atoms. The van der Waals surface area contributed by atoms with Crippen LogP contribution in [0.3, 0.4) is 0 Å². The van der Waals surface area contributed by atoms with Crippen LogP contribution in [0.2, 0.25) is 0 Å². The lowest BCUT2D eigenvalue weighted by atomic mass is 9.90. The molecule has 6 heteroatoms. The van der Waals surface area contributed by atoms with Crippen molar-refractivity contribution in [2.24, 2.45) is 5.92 Å². The van der Waals surface area contributed by atoms with Gasteiger partial charge in [0.25, 0.3) is 0 Å². The molecule has 0 radical (unpaired) electrons. The summed E-state index contributed by atoms with van der Waals surface area (Å²) in [6.07, 6.45) is 0. The minimum Gasteiger partial charge on any atom is -0.337 e. The summed E-state index contributed by atoms with van der Waals surface area (Å²) in [7, 11) is 0. The van der Waals surface area contributed by atoms with Gasteiger partial charge in [0.1, 0.15) is 5.54 Å². The van der Waals surface area contributed by atoms with Crippen LogP contribution in [0.25, 0.3) is 0 Å². The first-order valence-electron chi connectivity index (χ1n) is 8.12. The van der Waals surface area contributed by atoms with Gasteiger partial charge < -0.3 is 5.32 Å². The molecule has 1 fully saturated rings. The normalized spacial score (nSPS) is 19.3. The van der Waals surface area contributed by atoms with Crippen LogP contribution >= 0.6 is 11.3 Å². The van der Waals surface area contributed by atoms with E-state index in [9.17, 15) is 10.1 Å². The number of nitrogens with one attached hydrogen (secondary N) is 1. The molecule has 1 aliphatic rings. The third-order valence-corrected chi connectivity index (χ3v) is 5.44. The maximum atomic E-state index is 12.2. The van der Waals surface area contributed by atoms with E-state index in [1.807, 2.05) is 13.8 Å². The van der Waals surface area contributed by atoms with E-state index in [1.165, 1.54) is 4.88 Å². The van der Waals surface area contributed by atoms with Gasteiger partial charge in [-0.3, -0.25) is 14.6 Å². The molecule has 1 aromatic heterocycles. The summed E-state index contributed by atoms with van der Waals surface area (Å²) in [6, 6.07) is 6.47. The van der Waals surface area contributed by atoms with Gasteiger partial charge in [0.05, 0.1) is 12.6 Å². The van der Waals surface area contributed by atoms with E-state index in [-0.39, 0.29) is 11.8 Å². The van der Waals surface area contributed by atoms with E-state index >= 15 is 0 Å². The SMILES string of the molecule is CC(C)[C@@](C)(C#N)NC(=O)CN1CCN(Cc2cccs2)CC1. The number of carbonyl (C=O) groups is 1. The molecule has 2 rings (SSSR count). The minimum atomic E-state index is -0.794. The molecule has 2 heterocycles. The lowest BCUT2D eigenvalue weighted by Crippen LogP contribution is -2.54. The highest BCUT2D eigenvalue weighted by Crippen LogP contribution is 2.16. The molecule has 0 aliphatic carbocycles. The van der Waals surface area contributed by atoms with Crippen molar-refractivity contribution in [2.75, 3.05) is 32.7 Å². The first kappa shape index (κ1) is 17.9.